The molecule has 4 heteroatoms. The van der Waals surface area contributed by atoms with E-state index in [2.05, 4.69) is 38.4 Å². The van der Waals surface area contributed by atoms with Gasteiger partial charge in [-0.2, -0.15) is 0 Å². The summed E-state index contributed by atoms with van der Waals surface area (Å²) in [5, 5.41) is 13.6. The summed E-state index contributed by atoms with van der Waals surface area (Å²) in [6.07, 6.45) is 2.06. The van der Waals surface area contributed by atoms with Crippen LogP contribution in [0.15, 0.2) is 41.0 Å². The van der Waals surface area contributed by atoms with E-state index in [1.807, 2.05) is 25.1 Å². The van der Waals surface area contributed by atoms with E-state index < -0.39 is 6.10 Å². The number of nitrogens with one attached hydrogen (secondary N) is 1. The third-order valence-corrected chi connectivity index (χ3v) is 3.97. The lowest BCUT2D eigenvalue weighted by atomic mass is 10.1. The Bertz CT molecular complexity index is 615. The van der Waals surface area contributed by atoms with E-state index in [1.54, 1.807) is 6.20 Å². The molecule has 0 spiro atoms. The minimum absolute atomic E-state index is 0.0800. The number of hydrogen-bond acceptors (Lipinski definition) is 3. The average molecular weight is 319 g/mol. The second kappa shape index (κ2) is 4.94. The molecule has 0 radical (unpaired) electrons. The lowest BCUT2D eigenvalue weighted by Gasteiger charge is -2.19. The summed E-state index contributed by atoms with van der Waals surface area (Å²) in [5.74, 6) is 0.823. The zero-order valence-electron chi connectivity index (χ0n) is 10.6. The second-order valence-electron chi connectivity index (χ2n) is 4.91. The van der Waals surface area contributed by atoms with Gasteiger partial charge in [0.15, 0.2) is 0 Å². The Hall–Kier alpha value is -1.39. The third-order valence-electron chi connectivity index (χ3n) is 3.54. The van der Waals surface area contributed by atoms with Crippen molar-refractivity contribution in [1.29, 1.82) is 0 Å². The van der Waals surface area contributed by atoms with E-state index >= 15 is 0 Å². The maximum absolute atomic E-state index is 10.2. The normalized spacial score (nSPS) is 21.2. The predicted molar refractivity (Wildman–Crippen MR) is 79.2 cm³/mol. The van der Waals surface area contributed by atoms with Crippen LogP contribution in [0.2, 0.25) is 0 Å². The molecule has 1 aromatic heterocycles. The van der Waals surface area contributed by atoms with E-state index in [-0.39, 0.29) is 6.04 Å². The van der Waals surface area contributed by atoms with E-state index in [0.717, 1.165) is 15.9 Å². The first kappa shape index (κ1) is 12.6. The molecule has 2 aromatic rings. The number of hydrogen-bond donors (Lipinski definition) is 2. The van der Waals surface area contributed by atoms with Gasteiger partial charge in [-0.25, -0.2) is 4.98 Å². The van der Waals surface area contributed by atoms with Gasteiger partial charge in [0.05, 0.1) is 12.1 Å². The Labute approximate surface area is 120 Å². The SMILES string of the molecule is Cc1cc(Br)cnc1N[C@H]1c2ccccc2C[C@H]1O. The molecule has 0 unspecified atom stereocenters. The molecule has 0 amide bonds. The van der Waals surface area contributed by atoms with Crippen molar-refractivity contribution in [1.82, 2.24) is 4.98 Å². The van der Waals surface area contributed by atoms with Crippen molar-refractivity contribution >= 4 is 21.7 Å². The predicted octanol–water partition coefficient (Wildman–Crippen LogP) is 3.22. The number of anilines is 1. The molecule has 3 rings (SSSR count). The number of pyridine rings is 1. The summed E-state index contributed by atoms with van der Waals surface area (Å²) in [5.41, 5.74) is 3.44. The molecule has 1 aliphatic carbocycles. The van der Waals surface area contributed by atoms with Crippen LogP contribution in [-0.4, -0.2) is 16.2 Å². The Morgan fingerprint density at radius 3 is 2.95 bits per heavy atom. The van der Waals surface area contributed by atoms with Crippen LogP contribution in [0.3, 0.4) is 0 Å². The lowest BCUT2D eigenvalue weighted by molar-refractivity contribution is 0.165. The molecule has 1 aliphatic rings. The van der Waals surface area contributed by atoms with Gasteiger partial charge in [-0.15, -0.1) is 0 Å². The largest absolute Gasteiger partial charge is 0.390 e. The zero-order valence-corrected chi connectivity index (χ0v) is 12.2. The fourth-order valence-electron chi connectivity index (χ4n) is 2.59. The van der Waals surface area contributed by atoms with Gasteiger partial charge in [0.1, 0.15) is 5.82 Å². The molecule has 3 nitrogen and oxygen atoms in total. The summed E-state index contributed by atoms with van der Waals surface area (Å²) in [6, 6.07) is 10.1. The Balaban J connectivity index is 1.91. The van der Waals surface area contributed by atoms with Crippen LogP contribution >= 0.6 is 15.9 Å². The molecule has 1 heterocycles. The van der Waals surface area contributed by atoms with Gasteiger partial charge in [-0.3, -0.25) is 0 Å². The Morgan fingerprint density at radius 1 is 1.37 bits per heavy atom. The van der Waals surface area contributed by atoms with Gasteiger partial charge in [0, 0.05) is 17.1 Å². The molecule has 0 aliphatic heterocycles. The first-order valence-corrected chi connectivity index (χ1v) is 7.09. The molecule has 98 valence electrons. The zero-order chi connectivity index (χ0) is 13.4. The molecule has 0 bridgehead atoms. The highest BCUT2D eigenvalue weighted by atomic mass is 79.9. The van der Waals surface area contributed by atoms with Crippen LogP contribution in [0, 0.1) is 6.92 Å². The van der Waals surface area contributed by atoms with Crippen molar-refractivity contribution in [3.8, 4) is 0 Å². The molecule has 0 fully saturated rings. The fourth-order valence-corrected chi connectivity index (χ4v) is 3.03. The highest BCUT2D eigenvalue weighted by molar-refractivity contribution is 9.10. The molecular weight excluding hydrogens is 304 g/mol. The molecule has 19 heavy (non-hydrogen) atoms. The number of aliphatic hydroxyl groups is 1. The molecule has 0 saturated heterocycles. The summed E-state index contributed by atoms with van der Waals surface area (Å²) in [4.78, 5) is 4.38. The van der Waals surface area contributed by atoms with Gasteiger partial charge in [-0.05, 0) is 45.6 Å². The minimum Gasteiger partial charge on any atom is -0.390 e. The first-order chi connectivity index (χ1) is 9.15. The smallest absolute Gasteiger partial charge is 0.129 e. The van der Waals surface area contributed by atoms with Crippen molar-refractivity contribution in [3.63, 3.8) is 0 Å². The molecular formula is C15H15BrN2O. The number of benzene rings is 1. The van der Waals surface area contributed by atoms with Crippen LogP contribution in [0.25, 0.3) is 0 Å². The number of halogens is 1. The summed E-state index contributed by atoms with van der Waals surface area (Å²) < 4.78 is 0.961. The van der Waals surface area contributed by atoms with Crippen LogP contribution in [0.4, 0.5) is 5.82 Å². The van der Waals surface area contributed by atoms with Crippen molar-refractivity contribution in [2.45, 2.75) is 25.5 Å². The molecule has 0 saturated carbocycles. The number of nitrogens with zero attached hydrogens (tertiary/aromatic N) is 1. The topological polar surface area (TPSA) is 45.2 Å². The van der Waals surface area contributed by atoms with Gasteiger partial charge in [-0.1, -0.05) is 24.3 Å². The maximum Gasteiger partial charge on any atom is 0.129 e. The summed E-state index contributed by atoms with van der Waals surface area (Å²) in [6.45, 7) is 2.01. The highest BCUT2D eigenvalue weighted by Crippen LogP contribution is 2.34. The highest BCUT2D eigenvalue weighted by Gasteiger charge is 2.31. The van der Waals surface area contributed by atoms with Crippen molar-refractivity contribution < 1.29 is 5.11 Å². The fraction of sp³-hybridized carbons (Fsp3) is 0.267. The summed E-state index contributed by atoms with van der Waals surface area (Å²) >= 11 is 3.41. The number of aromatic nitrogens is 1. The van der Waals surface area contributed by atoms with Crippen molar-refractivity contribution in [3.05, 3.63) is 57.7 Å². The number of aryl methyl sites for hydroxylation is 1. The van der Waals surface area contributed by atoms with E-state index in [0.29, 0.717) is 6.42 Å². The van der Waals surface area contributed by atoms with Gasteiger partial charge < -0.3 is 10.4 Å². The van der Waals surface area contributed by atoms with E-state index in [9.17, 15) is 5.11 Å². The Morgan fingerprint density at radius 2 is 2.16 bits per heavy atom. The van der Waals surface area contributed by atoms with Crippen LogP contribution < -0.4 is 5.32 Å². The first-order valence-electron chi connectivity index (χ1n) is 6.29. The van der Waals surface area contributed by atoms with E-state index in [1.165, 1.54) is 11.1 Å². The third kappa shape index (κ3) is 2.38. The average Bonchev–Trinajstić information content (AvgIpc) is 2.69. The maximum atomic E-state index is 10.2. The number of fused-ring (bicyclic) bond motifs is 1. The van der Waals surface area contributed by atoms with Gasteiger partial charge in [0.2, 0.25) is 0 Å². The van der Waals surface area contributed by atoms with Crippen LogP contribution in [-0.2, 0) is 6.42 Å². The number of rotatable bonds is 2. The summed E-state index contributed by atoms with van der Waals surface area (Å²) in [7, 11) is 0. The molecule has 2 atom stereocenters. The van der Waals surface area contributed by atoms with Crippen LogP contribution in [0.1, 0.15) is 22.7 Å². The van der Waals surface area contributed by atoms with E-state index in [4.69, 9.17) is 0 Å². The van der Waals surface area contributed by atoms with Crippen LogP contribution in [0.5, 0.6) is 0 Å². The monoisotopic (exact) mass is 318 g/mol. The quantitative estimate of drug-likeness (QED) is 0.893. The lowest BCUT2D eigenvalue weighted by Crippen LogP contribution is -2.22. The molecule has 2 N–H and O–H groups in total. The standard InChI is InChI=1S/C15H15BrN2O/c1-9-6-11(16)8-17-15(9)18-14-12-5-3-2-4-10(12)7-13(14)19/h2-6,8,13-14,19H,7H2,1H3,(H,17,18)/t13-,14+/m1/s1. The number of aliphatic hydroxyl groups excluding tert-OH is 1. The van der Waals surface area contributed by atoms with Gasteiger partial charge in [0.25, 0.3) is 0 Å². The minimum atomic E-state index is -0.401. The van der Waals surface area contributed by atoms with Crippen molar-refractivity contribution in [2.75, 3.05) is 5.32 Å². The van der Waals surface area contributed by atoms with Crippen molar-refractivity contribution in [2.24, 2.45) is 0 Å². The van der Waals surface area contributed by atoms with Gasteiger partial charge >= 0.3 is 0 Å². The second-order valence-corrected chi connectivity index (χ2v) is 5.83. The Kier molecular flexibility index (Phi) is 3.29. The molecule has 1 aromatic carbocycles.